The number of halogens is 2. The Bertz CT molecular complexity index is 524. The molecule has 1 N–H and O–H groups in total. The predicted octanol–water partition coefficient (Wildman–Crippen LogP) is 2.55. The topological polar surface area (TPSA) is 45.8 Å². The summed E-state index contributed by atoms with van der Waals surface area (Å²) in [6.45, 7) is 0. The molecule has 0 saturated heterocycles. The van der Waals surface area contributed by atoms with Crippen LogP contribution in [0.25, 0.3) is 0 Å². The van der Waals surface area contributed by atoms with Crippen LogP contribution in [0.3, 0.4) is 0 Å². The van der Waals surface area contributed by atoms with E-state index < -0.39 is 5.92 Å². The number of H-pyrrole nitrogens is 1. The van der Waals surface area contributed by atoms with Gasteiger partial charge in [0.1, 0.15) is 5.82 Å². The fourth-order valence-corrected chi connectivity index (χ4v) is 3.06. The zero-order valence-corrected chi connectivity index (χ0v) is 10.1. The largest absolute Gasteiger partial charge is 0.310 e. The van der Waals surface area contributed by atoms with E-state index in [1.807, 2.05) is 0 Å². The number of fused-ring (bicyclic) bond motifs is 1. The molecule has 1 heterocycles. The van der Waals surface area contributed by atoms with Crippen molar-refractivity contribution in [1.29, 1.82) is 0 Å². The monoisotopic (exact) mass is 254 g/mol. The van der Waals surface area contributed by atoms with E-state index in [1.165, 1.54) is 0 Å². The summed E-state index contributed by atoms with van der Waals surface area (Å²) in [6.07, 6.45) is 3.47. The van der Waals surface area contributed by atoms with Crippen molar-refractivity contribution in [2.75, 3.05) is 0 Å². The van der Waals surface area contributed by atoms with Crippen LogP contribution in [0.1, 0.15) is 55.1 Å². The second kappa shape index (κ2) is 4.14. The number of aromatic amines is 1. The van der Waals surface area contributed by atoms with Gasteiger partial charge in [-0.05, 0) is 32.1 Å². The summed E-state index contributed by atoms with van der Waals surface area (Å²) in [5.41, 5.74) is 1.45. The van der Waals surface area contributed by atoms with E-state index in [-0.39, 0.29) is 24.3 Å². The molecule has 0 bridgehead atoms. The summed E-state index contributed by atoms with van der Waals surface area (Å²) >= 11 is 0. The fourth-order valence-electron chi connectivity index (χ4n) is 3.06. The standard InChI is InChI=1S/C13H16F2N2O/c14-13(15)6-2-3-8(7-13)11-16-10-5-1-4-9(10)12(18)17-11/h8H,1-7H2,(H,16,17,18). The summed E-state index contributed by atoms with van der Waals surface area (Å²) in [6, 6.07) is 0. The molecule has 0 aromatic carbocycles. The van der Waals surface area contributed by atoms with Gasteiger partial charge in [0.15, 0.2) is 0 Å². The van der Waals surface area contributed by atoms with Gasteiger partial charge in [-0.3, -0.25) is 4.79 Å². The third kappa shape index (κ3) is 2.06. The molecule has 0 amide bonds. The highest BCUT2D eigenvalue weighted by Gasteiger charge is 2.38. The molecule has 1 unspecified atom stereocenters. The number of alkyl halides is 2. The van der Waals surface area contributed by atoms with Crippen LogP contribution in [-0.2, 0) is 12.8 Å². The maximum atomic E-state index is 13.4. The van der Waals surface area contributed by atoms with E-state index in [4.69, 9.17) is 0 Å². The third-order valence-corrected chi connectivity index (χ3v) is 3.99. The van der Waals surface area contributed by atoms with Gasteiger partial charge in [-0.1, -0.05) is 0 Å². The second-order valence-corrected chi connectivity index (χ2v) is 5.38. The number of rotatable bonds is 1. The zero-order valence-electron chi connectivity index (χ0n) is 10.1. The molecule has 1 aromatic heterocycles. The van der Waals surface area contributed by atoms with Gasteiger partial charge in [0, 0.05) is 24.3 Å². The van der Waals surface area contributed by atoms with Gasteiger partial charge in [-0.2, -0.15) is 0 Å². The van der Waals surface area contributed by atoms with Crippen molar-refractivity contribution >= 4 is 0 Å². The first-order valence-electron chi connectivity index (χ1n) is 6.55. The Balaban J connectivity index is 1.93. The van der Waals surface area contributed by atoms with Crippen LogP contribution >= 0.6 is 0 Å². The maximum absolute atomic E-state index is 13.4. The van der Waals surface area contributed by atoms with Gasteiger partial charge in [0.05, 0.1) is 5.69 Å². The minimum absolute atomic E-state index is 0.0430. The lowest BCUT2D eigenvalue weighted by atomic mass is 9.86. The van der Waals surface area contributed by atoms with Crippen molar-refractivity contribution in [2.24, 2.45) is 0 Å². The zero-order chi connectivity index (χ0) is 12.8. The first-order valence-corrected chi connectivity index (χ1v) is 6.55. The highest BCUT2D eigenvalue weighted by Crippen LogP contribution is 2.40. The lowest BCUT2D eigenvalue weighted by Crippen LogP contribution is -2.28. The molecule has 2 aliphatic carbocycles. The number of nitrogens with one attached hydrogen (secondary N) is 1. The van der Waals surface area contributed by atoms with Crippen LogP contribution in [0, 0.1) is 0 Å². The highest BCUT2D eigenvalue weighted by atomic mass is 19.3. The smallest absolute Gasteiger partial charge is 0.254 e. The average molecular weight is 254 g/mol. The second-order valence-electron chi connectivity index (χ2n) is 5.38. The average Bonchev–Trinajstić information content (AvgIpc) is 2.76. The molecule has 3 nitrogen and oxygen atoms in total. The molecule has 3 rings (SSSR count). The summed E-state index contributed by atoms with van der Waals surface area (Å²) in [7, 11) is 0. The lowest BCUT2D eigenvalue weighted by molar-refractivity contribution is -0.0417. The number of aryl methyl sites for hydroxylation is 1. The van der Waals surface area contributed by atoms with Crippen LogP contribution in [0.15, 0.2) is 4.79 Å². The van der Waals surface area contributed by atoms with E-state index in [0.29, 0.717) is 18.7 Å². The van der Waals surface area contributed by atoms with Gasteiger partial charge in [0.2, 0.25) is 5.92 Å². The van der Waals surface area contributed by atoms with Crippen molar-refractivity contribution in [3.8, 4) is 0 Å². The van der Waals surface area contributed by atoms with Gasteiger partial charge < -0.3 is 4.98 Å². The minimum atomic E-state index is -2.61. The van der Waals surface area contributed by atoms with Crippen molar-refractivity contribution in [2.45, 2.75) is 56.8 Å². The molecule has 0 aliphatic heterocycles. The number of aromatic nitrogens is 2. The third-order valence-electron chi connectivity index (χ3n) is 3.99. The fraction of sp³-hybridized carbons (Fsp3) is 0.692. The number of nitrogens with zero attached hydrogens (tertiary/aromatic N) is 1. The van der Waals surface area contributed by atoms with Gasteiger partial charge in [-0.15, -0.1) is 0 Å². The summed E-state index contributed by atoms with van der Waals surface area (Å²) in [5, 5.41) is 0. The maximum Gasteiger partial charge on any atom is 0.254 e. The lowest BCUT2D eigenvalue weighted by Gasteiger charge is -2.28. The van der Waals surface area contributed by atoms with Gasteiger partial charge >= 0.3 is 0 Å². The van der Waals surface area contributed by atoms with Crippen LogP contribution in [0.5, 0.6) is 0 Å². The Labute approximate surface area is 104 Å². The first-order chi connectivity index (χ1) is 8.55. The predicted molar refractivity (Wildman–Crippen MR) is 63.0 cm³/mol. The molecule has 1 aromatic rings. The van der Waals surface area contributed by atoms with Crippen LogP contribution in [0.4, 0.5) is 8.78 Å². The highest BCUT2D eigenvalue weighted by molar-refractivity contribution is 5.23. The first kappa shape index (κ1) is 11.8. The van der Waals surface area contributed by atoms with Crippen molar-refractivity contribution in [1.82, 2.24) is 9.97 Å². The molecule has 0 radical (unpaired) electrons. The summed E-state index contributed by atoms with van der Waals surface area (Å²) in [5.74, 6) is -2.44. The molecule has 98 valence electrons. The van der Waals surface area contributed by atoms with Crippen LogP contribution in [-0.4, -0.2) is 15.9 Å². The minimum Gasteiger partial charge on any atom is -0.310 e. The van der Waals surface area contributed by atoms with Crippen LogP contribution in [0.2, 0.25) is 0 Å². The summed E-state index contributed by atoms with van der Waals surface area (Å²) in [4.78, 5) is 19.0. The number of hydrogen-bond donors (Lipinski definition) is 1. The molecule has 5 heteroatoms. The Morgan fingerprint density at radius 3 is 2.89 bits per heavy atom. The van der Waals surface area contributed by atoms with Crippen molar-refractivity contribution in [3.05, 3.63) is 27.4 Å². The molecule has 1 fully saturated rings. The summed E-state index contributed by atoms with van der Waals surface area (Å²) < 4.78 is 26.8. The molecule has 0 spiro atoms. The Kier molecular flexibility index (Phi) is 2.72. The Morgan fingerprint density at radius 1 is 1.28 bits per heavy atom. The SMILES string of the molecule is O=c1[nH]c(C2CCCC(F)(F)C2)nc2c1CCC2. The van der Waals surface area contributed by atoms with E-state index in [9.17, 15) is 13.6 Å². The molecule has 18 heavy (non-hydrogen) atoms. The molecule has 1 saturated carbocycles. The number of hydrogen-bond acceptors (Lipinski definition) is 2. The van der Waals surface area contributed by atoms with E-state index in [2.05, 4.69) is 9.97 Å². The molecule has 1 atom stereocenters. The van der Waals surface area contributed by atoms with E-state index >= 15 is 0 Å². The Morgan fingerprint density at radius 2 is 2.11 bits per heavy atom. The molecule has 2 aliphatic rings. The van der Waals surface area contributed by atoms with E-state index in [0.717, 1.165) is 30.5 Å². The molecular formula is C13H16F2N2O. The van der Waals surface area contributed by atoms with Gasteiger partial charge in [0.25, 0.3) is 5.56 Å². The van der Waals surface area contributed by atoms with Gasteiger partial charge in [-0.25, -0.2) is 13.8 Å². The van der Waals surface area contributed by atoms with Crippen LogP contribution < -0.4 is 5.56 Å². The Hall–Kier alpha value is -1.26. The van der Waals surface area contributed by atoms with Crippen molar-refractivity contribution < 1.29 is 8.78 Å². The normalized spacial score (nSPS) is 26.0. The van der Waals surface area contributed by atoms with E-state index in [1.54, 1.807) is 0 Å². The van der Waals surface area contributed by atoms with Crippen molar-refractivity contribution in [3.63, 3.8) is 0 Å². The molecular weight excluding hydrogens is 238 g/mol. The quantitative estimate of drug-likeness (QED) is 0.837.